The Kier molecular flexibility index (Phi) is 6.66. The molecule has 3 heterocycles. The zero-order valence-electron chi connectivity index (χ0n) is 19.6. The number of amides is 1. The van der Waals surface area contributed by atoms with Gasteiger partial charge in [0.15, 0.2) is 10.8 Å². The molecule has 2 aromatic heterocycles. The number of hydrogen-bond acceptors (Lipinski definition) is 8. The molecular formula is C27H21N7OS2. The van der Waals surface area contributed by atoms with Crippen LogP contribution in [-0.4, -0.2) is 48.0 Å². The van der Waals surface area contributed by atoms with Gasteiger partial charge in [0, 0.05) is 17.7 Å². The molecule has 8 nitrogen and oxygen atoms in total. The number of rotatable bonds is 6. The van der Waals surface area contributed by atoms with E-state index in [-0.39, 0.29) is 11.7 Å². The van der Waals surface area contributed by atoms with Crippen LogP contribution in [0.1, 0.15) is 11.1 Å². The highest BCUT2D eigenvalue weighted by Crippen LogP contribution is 2.28. The molecule has 0 saturated heterocycles. The minimum absolute atomic E-state index is 0.140. The number of nitrogens with one attached hydrogen (secondary N) is 1. The maximum absolute atomic E-state index is 12.6. The fourth-order valence-corrected chi connectivity index (χ4v) is 5.46. The van der Waals surface area contributed by atoms with Crippen molar-refractivity contribution in [2.24, 2.45) is 10.2 Å². The van der Waals surface area contributed by atoms with Crippen molar-refractivity contribution in [1.82, 2.24) is 25.1 Å². The van der Waals surface area contributed by atoms with Crippen molar-refractivity contribution in [3.63, 3.8) is 0 Å². The first kappa shape index (κ1) is 23.4. The van der Waals surface area contributed by atoms with Gasteiger partial charge in [-0.2, -0.15) is 5.10 Å². The summed E-state index contributed by atoms with van der Waals surface area (Å²) < 4.78 is 2.15. The van der Waals surface area contributed by atoms with Crippen molar-refractivity contribution in [3.8, 4) is 0 Å². The van der Waals surface area contributed by atoms with Gasteiger partial charge in [0.25, 0.3) is 0 Å². The molecule has 6 rings (SSSR count). The second kappa shape index (κ2) is 10.5. The van der Waals surface area contributed by atoms with Crippen LogP contribution in [-0.2, 0) is 11.3 Å². The molecule has 3 aromatic carbocycles. The van der Waals surface area contributed by atoms with Crippen LogP contribution in [0.5, 0.6) is 0 Å². The molecule has 5 aromatic rings. The molecule has 0 fully saturated rings. The summed E-state index contributed by atoms with van der Waals surface area (Å²) in [6, 6.07) is 28.2. The number of nitrogens with zero attached hydrogens (tertiary/aromatic N) is 6. The third-order valence-corrected chi connectivity index (χ3v) is 7.54. The highest BCUT2D eigenvalue weighted by Gasteiger charge is 2.17. The molecule has 0 unspecified atom stereocenters. The topological polar surface area (TPSA) is 97.4 Å². The standard InChI is InChI=1S/C27H21N7OS2/c35-23(28-26-32-30-21(16-36-26)19-11-5-2-6-12-19)17-37-27-29-25-24(31-33-27)20-13-7-8-14-22(20)34(25)15-18-9-3-1-4-10-18/h1-14H,15-17H2,(H,28,32,35). The van der Waals surface area contributed by atoms with Gasteiger partial charge in [-0.3, -0.25) is 4.79 Å². The quantitative estimate of drug-likeness (QED) is 0.323. The van der Waals surface area contributed by atoms with Crippen molar-refractivity contribution in [3.05, 3.63) is 96.1 Å². The Hall–Kier alpha value is -4.02. The number of aromatic nitrogens is 4. The van der Waals surface area contributed by atoms with Crippen LogP contribution in [0.3, 0.4) is 0 Å². The number of para-hydroxylation sites is 1. The number of hydrogen-bond donors (Lipinski definition) is 1. The van der Waals surface area contributed by atoms with Crippen LogP contribution in [0.25, 0.3) is 22.1 Å². The van der Waals surface area contributed by atoms with Crippen molar-refractivity contribution >= 4 is 62.4 Å². The van der Waals surface area contributed by atoms with E-state index >= 15 is 0 Å². The molecule has 0 aliphatic carbocycles. The van der Waals surface area contributed by atoms with Gasteiger partial charge in [0.1, 0.15) is 5.52 Å². The fraction of sp³-hybridized carbons (Fsp3) is 0.111. The molecule has 1 amide bonds. The predicted octanol–water partition coefficient (Wildman–Crippen LogP) is 4.74. The Labute approximate surface area is 221 Å². The third-order valence-electron chi connectivity index (χ3n) is 5.83. The van der Waals surface area contributed by atoms with Crippen LogP contribution in [0.2, 0.25) is 0 Å². The van der Waals surface area contributed by atoms with Gasteiger partial charge in [-0.15, -0.1) is 15.3 Å². The second-order valence-electron chi connectivity index (χ2n) is 8.30. The van der Waals surface area contributed by atoms with E-state index < -0.39 is 0 Å². The van der Waals surface area contributed by atoms with Gasteiger partial charge >= 0.3 is 0 Å². The Morgan fingerprint density at radius 3 is 2.46 bits per heavy atom. The van der Waals surface area contributed by atoms with Crippen LogP contribution in [0.15, 0.2) is 100 Å². The molecule has 0 bridgehead atoms. The minimum Gasteiger partial charge on any atom is -0.319 e. The first-order valence-corrected chi connectivity index (χ1v) is 13.6. The van der Waals surface area contributed by atoms with E-state index in [4.69, 9.17) is 4.98 Å². The highest BCUT2D eigenvalue weighted by molar-refractivity contribution is 8.14. The Bertz CT molecular complexity index is 1650. The number of carbonyl (C=O) groups excluding carboxylic acids is 1. The van der Waals surface area contributed by atoms with E-state index in [1.54, 1.807) is 0 Å². The van der Waals surface area contributed by atoms with E-state index in [1.807, 2.05) is 66.7 Å². The lowest BCUT2D eigenvalue weighted by atomic mass is 10.1. The summed E-state index contributed by atoms with van der Waals surface area (Å²) in [5, 5.41) is 22.0. The van der Waals surface area contributed by atoms with E-state index in [0.717, 1.165) is 33.3 Å². The van der Waals surface area contributed by atoms with Gasteiger partial charge in [0.05, 0.1) is 17.0 Å². The second-order valence-corrected chi connectivity index (χ2v) is 10.2. The highest BCUT2D eigenvalue weighted by atomic mass is 32.2. The lowest BCUT2D eigenvalue weighted by molar-refractivity contribution is -0.117. The molecule has 182 valence electrons. The molecule has 1 N–H and O–H groups in total. The monoisotopic (exact) mass is 523 g/mol. The van der Waals surface area contributed by atoms with Crippen molar-refractivity contribution in [1.29, 1.82) is 0 Å². The summed E-state index contributed by atoms with van der Waals surface area (Å²) in [7, 11) is 0. The zero-order chi connectivity index (χ0) is 25.0. The summed E-state index contributed by atoms with van der Waals surface area (Å²) >= 11 is 2.70. The minimum atomic E-state index is -0.192. The number of amidine groups is 1. The summed E-state index contributed by atoms with van der Waals surface area (Å²) in [5.41, 5.74) is 5.63. The molecule has 0 radical (unpaired) electrons. The molecule has 10 heteroatoms. The van der Waals surface area contributed by atoms with E-state index in [0.29, 0.717) is 22.6 Å². The van der Waals surface area contributed by atoms with Gasteiger partial charge in [-0.25, -0.2) is 4.98 Å². The van der Waals surface area contributed by atoms with E-state index in [9.17, 15) is 4.79 Å². The van der Waals surface area contributed by atoms with Crippen LogP contribution >= 0.6 is 23.5 Å². The van der Waals surface area contributed by atoms with Crippen molar-refractivity contribution in [2.45, 2.75) is 11.7 Å². The van der Waals surface area contributed by atoms with Gasteiger partial charge in [-0.05, 0) is 17.2 Å². The summed E-state index contributed by atoms with van der Waals surface area (Å²) in [4.78, 5) is 17.4. The van der Waals surface area contributed by atoms with Gasteiger partial charge in [0.2, 0.25) is 11.1 Å². The number of fused-ring (bicyclic) bond motifs is 3. The molecule has 0 atom stereocenters. The fourth-order valence-electron chi connectivity index (χ4n) is 4.09. The normalized spacial score (nSPS) is 13.4. The van der Waals surface area contributed by atoms with E-state index in [1.165, 1.54) is 29.1 Å². The molecular weight excluding hydrogens is 502 g/mol. The Balaban J connectivity index is 1.18. The van der Waals surface area contributed by atoms with Crippen LogP contribution < -0.4 is 5.32 Å². The van der Waals surface area contributed by atoms with Gasteiger partial charge in [-0.1, -0.05) is 102 Å². The maximum Gasteiger partial charge on any atom is 0.236 e. The Morgan fingerprint density at radius 1 is 0.919 bits per heavy atom. The zero-order valence-corrected chi connectivity index (χ0v) is 21.2. The molecule has 37 heavy (non-hydrogen) atoms. The number of benzene rings is 3. The first-order chi connectivity index (χ1) is 18.2. The van der Waals surface area contributed by atoms with Gasteiger partial charge < -0.3 is 9.88 Å². The van der Waals surface area contributed by atoms with Crippen LogP contribution in [0.4, 0.5) is 0 Å². The number of thioether (sulfide) groups is 2. The first-order valence-electron chi connectivity index (χ1n) is 11.7. The summed E-state index contributed by atoms with van der Waals surface area (Å²) in [6.07, 6.45) is 0. The van der Waals surface area contributed by atoms with Crippen molar-refractivity contribution in [2.75, 3.05) is 11.5 Å². The molecule has 1 aliphatic rings. The van der Waals surface area contributed by atoms with Crippen molar-refractivity contribution < 1.29 is 4.79 Å². The Morgan fingerprint density at radius 2 is 1.68 bits per heavy atom. The third kappa shape index (κ3) is 5.11. The smallest absolute Gasteiger partial charge is 0.236 e. The van der Waals surface area contributed by atoms with E-state index in [2.05, 4.69) is 48.5 Å². The largest absolute Gasteiger partial charge is 0.319 e. The predicted molar refractivity (Wildman–Crippen MR) is 150 cm³/mol. The maximum atomic E-state index is 12.6. The summed E-state index contributed by atoms with van der Waals surface area (Å²) in [6.45, 7) is 0.663. The molecule has 1 aliphatic heterocycles. The SMILES string of the molecule is O=C(CSc1nnc2c3ccccc3n(Cc3ccccc3)c2n1)NC1=NN=C(c2ccccc2)CS1. The average Bonchev–Trinajstić information content (AvgIpc) is 3.26. The molecule has 0 saturated carbocycles. The number of carbonyl (C=O) groups is 1. The lowest BCUT2D eigenvalue weighted by Gasteiger charge is -2.12. The average molecular weight is 524 g/mol. The summed E-state index contributed by atoms with van der Waals surface area (Å²) in [5.74, 6) is 0.593. The lowest BCUT2D eigenvalue weighted by Crippen LogP contribution is -2.31. The molecule has 0 spiro atoms. The van der Waals surface area contributed by atoms with Crippen LogP contribution in [0, 0.1) is 0 Å².